The van der Waals surface area contributed by atoms with Crippen LogP contribution in [0.25, 0.3) is 65.3 Å². The summed E-state index contributed by atoms with van der Waals surface area (Å²) < 4.78 is 0. The maximum atomic E-state index is 3.60. The van der Waals surface area contributed by atoms with Gasteiger partial charge in [-0.1, -0.05) is 175 Å². The summed E-state index contributed by atoms with van der Waals surface area (Å²) in [5, 5.41) is 10.7. The van der Waals surface area contributed by atoms with E-state index in [1.165, 1.54) is 102 Å². The molecule has 1 radical (unpaired) electrons. The van der Waals surface area contributed by atoms with Crippen molar-refractivity contribution in [2.45, 2.75) is 120 Å². The summed E-state index contributed by atoms with van der Waals surface area (Å²) >= 11 is 0. The van der Waals surface area contributed by atoms with E-state index in [9.17, 15) is 0 Å². The van der Waals surface area contributed by atoms with Crippen molar-refractivity contribution in [1.29, 1.82) is 0 Å². The average molecular weight is 906 g/mol. The molecule has 0 saturated carbocycles. The van der Waals surface area contributed by atoms with Gasteiger partial charge in [0.25, 0.3) is 0 Å². The number of rotatable bonds is 8. The summed E-state index contributed by atoms with van der Waals surface area (Å²) in [5.41, 5.74) is 8.15. The first-order valence-corrected chi connectivity index (χ1v) is 23.0. The van der Waals surface area contributed by atoms with Crippen molar-refractivity contribution in [3.05, 3.63) is 191 Å². The van der Waals surface area contributed by atoms with Crippen LogP contribution in [-0.4, -0.2) is 0 Å². The van der Waals surface area contributed by atoms with Gasteiger partial charge in [-0.25, -0.2) is 0 Å². The summed E-state index contributed by atoms with van der Waals surface area (Å²) in [5.74, 6) is 0. The fourth-order valence-electron chi connectivity index (χ4n) is 6.39. The van der Waals surface area contributed by atoms with Crippen LogP contribution in [-0.2, 0) is 56.3 Å². The van der Waals surface area contributed by atoms with Gasteiger partial charge in [-0.15, -0.1) is 69.1 Å². The van der Waals surface area contributed by atoms with Gasteiger partial charge in [0.2, 0.25) is 0 Å². The quantitative estimate of drug-likeness (QED) is 0.105. The van der Waals surface area contributed by atoms with E-state index in [1.807, 2.05) is 20.3 Å². The minimum atomic E-state index is 0. The first-order valence-electron chi connectivity index (χ1n) is 23.0. The molecule has 0 saturated heterocycles. The molecule has 8 rings (SSSR count). The van der Waals surface area contributed by atoms with Gasteiger partial charge in [-0.05, 0) is 45.5 Å². The predicted octanol–water partition coefficient (Wildman–Crippen LogP) is 19.6. The number of unbranched alkanes of at least 4 members (excludes halogenated alkanes) is 4. The van der Waals surface area contributed by atoms with E-state index < -0.39 is 0 Å². The standard InChI is InChI=1S/2C21H17.4C4H9.C3H7.2Ti/c2*1-2-15-13-17-9-6-12-20(21(17)14-15)19-11-5-8-16-7-3-4-10-18(16)19;4*1-3-4-2;1-3-2;;/h2*3-14H,2H2,1H3;4*1,3-4H2,2H3;3H,1-2H3;;/q7*-1;+3;+4. The molecule has 0 atom stereocenters. The SMILES string of the molecule is CCc1cc2c(-c3cccc4ccccc34)cccc2[cH-]1.CCc1cc2c(-c3cccc4ccccc34)cccc2[cH-]1.C[CH-]C.[CH2-]CCC.[CH2-]CCC.[CH2-]CCC.[CH2-]CCC.[Ti+3].[Ti+4]. The summed E-state index contributed by atoms with van der Waals surface area (Å²) in [7, 11) is 0. The Balaban J connectivity index is 0.000000855. The molecule has 0 heterocycles. The molecule has 0 aliphatic heterocycles. The first kappa shape index (κ1) is 59.5. The molecule has 8 aromatic carbocycles. The molecule has 0 spiro atoms. The maximum absolute atomic E-state index is 3.60. The smallest absolute Gasteiger partial charge is 0.343 e. The molecular weight excluding hydrogens is 828 g/mol. The van der Waals surface area contributed by atoms with E-state index in [1.54, 1.807) is 0 Å². The Labute approximate surface area is 416 Å². The van der Waals surface area contributed by atoms with E-state index in [4.69, 9.17) is 0 Å². The van der Waals surface area contributed by atoms with Gasteiger partial charge < -0.3 is 34.1 Å². The van der Waals surface area contributed by atoms with E-state index in [2.05, 4.69) is 215 Å². The molecule has 0 N–H and O–H groups in total. The third-order valence-corrected chi connectivity index (χ3v) is 10.0. The Morgan fingerprint density at radius 2 is 0.651 bits per heavy atom. The van der Waals surface area contributed by atoms with Crippen LogP contribution >= 0.6 is 0 Å². The monoisotopic (exact) mass is 905 g/mol. The molecule has 0 aliphatic carbocycles. The fraction of sp³-hybridized carbons (Fsp3) is 0.295. The zero-order valence-corrected chi connectivity index (χ0v) is 43.5. The fourth-order valence-corrected chi connectivity index (χ4v) is 6.39. The van der Waals surface area contributed by atoms with Gasteiger partial charge in [0.05, 0.1) is 0 Å². The van der Waals surface area contributed by atoms with Crippen LogP contribution in [0.15, 0.2) is 146 Å². The first-order chi connectivity index (χ1) is 29.8. The number of fused-ring (bicyclic) bond motifs is 4. The molecule has 0 aliphatic rings. The summed E-state index contributed by atoms with van der Waals surface area (Å²) in [6.07, 6.45) is 13.3. The third kappa shape index (κ3) is 19.2. The zero-order chi connectivity index (χ0) is 44.8. The minimum absolute atomic E-state index is 0. The number of hydrogen-bond acceptors (Lipinski definition) is 0. The van der Waals surface area contributed by atoms with Crippen LogP contribution < -0.4 is 0 Å². The average Bonchev–Trinajstić information content (AvgIpc) is 3.97. The summed E-state index contributed by atoms with van der Waals surface area (Å²) in [4.78, 5) is 0. The molecular formula is C61H77Ti2. The molecule has 329 valence electrons. The Morgan fingerprint density at radius 3 is 0.937 bits per heavy atom. The number of aryl methyl sites for hydroxylation is 2. The second-order valence-corrected chi connectivity index (χ2v) is 15.1. The van der Waals surface area contributed by atoms with Crippen molar-refractivity contribution in [3.63, 3.8) is 0 Å². The van der Waals surface area contributed by atoms with E-state index in [0.29, 0.717) is 0 Å². The minimum Gasteiger partial charge on any atom is -0.343 e. The molecule has 63 heavy (non-hydrogen) atoms. The Hall–Kier alpha value is -3.51. The van der Waals surface area contributed by atoms with Crippen molar-refractivity contribution in [1.82, 2.24) is 0 Å². The van der Waals surface area contributed by atoms with E-state index in [0.717, 1.165) is 38.5 Å². The van der Waals surface area contributed by atoms with Crippen LogP contribution in [0, 0.1) is 34.1 Å². The van der Waals surface area contributed by atoms with Crippen LogP contribution in [0.3, 0.4) is 0 Å². The van der Waals surface area contributed by atoms with E-state index >= 15 is 0 Å². The van der Waals surface area contributed by atoms with Crippen LogP contribution in [0.1, 0.15) is 118 Å². The predicted molar refractivity (Wildman–Crippen MR) is 280 cm³/mol. The van der Waals surface area contributed by atoms with Crippen molar-refractivity contribution < 1.29 is 43.4 Å². The third-order valence-electron chi connectivity index (χ3n) is 10.0. The normalized spacial score (nSPS) is 9.71. The molecule has 2 heteroatoms. The molecule has 0 unspecified atom stereocenters. The van der Waals surface area contributed by atoms with Gasteiger partial charge in [0, 0.05) is 0 Å². The van der Waals surface area contributed by atoms with Crippen molar-refractivity contribution in [2.24, 2.45) is 0 Å². The van der Waals surface area contributed by atoms with Gasteiger partial charge in [-0.2, -0.15) is 51.7 Å². The molecule has 0 bridgehead atoms. The molecule has 0 nitrogen and oxygen atoms in total. The van der Waals surface area contributed by atoms with Crippen LogP contribution in [0.4, 0.5) is 0 Å². The van der Waals surface area contributed by atoms with Crippen molar-refractivity contribution in [2.75, 3.05) is 0 Å². The van der Waals surface area contributed by atoms with E-state index in [-0.39, 0.29) is 43.4 Å². The molecule has 0 aromatic heterocycles. The molecule has 8 aromatic rings. The Kier molecular flexibility index (Phi) is 33.8. The Bertz CT molecular complexity index is 2140. The summed E-state index contributed by atoms with van der Waals surface area (Å²) in [6.45, 7) is 31.3. The van der Waals surface area contributed by atoms with Gasteiger partial charge >= 0.3 is 43.4 Å². The van der Waals surface area contributed by atoms with Gasteiger partial charge in [0.1, 0.15) is 0 Å². The molecule has 0 fully saturated rings. The largest absolute Gasteiger partial charge is 4.00 e. The van der Waals surface area contributed by atoms with Gasteiger partial charge in [-0.3, -0.25) is 0 Å². The second-order valence-electron chi connectivity index (χ2n) is 15.1. The topological polar surface area (TPSA) is 0 Å². The summed E-state index contributed by atoms with van der Waals surface area (Å²) in [6, 6.07) is 52.9. The second kappa shape index (κ2) is 35.8. The zero-order valence-electron chi connectivity index (χ0n) is 40.3. The van der Waals surface area contributed by atoms with Crippen LogP contribution in [0.2, 0.25) is 0 Å². The maximum Gasteiger partial charge on any atom is 4.00 e. The van der Waals surface area contributed by atoms with Gasteiger partial charge in [0.15, 0.2) is 0 Å². The molecule has 0 amide bonds. The Morgan fingerprint density at radius 1 is 0.397 bits per heavy atom. The number of benzene rings is 6. The van der Waals surface area contributed by atoms with Crippen LogP contribution in [0.5, 0.6) is 0 Å². The number of hydrogen-bond donors (Lipinski definition) is 0. The van der Waals surface area contributed by atoms with Crippen molar-refractivity contribution in [3.8, 4) is 22.3 Å². The van der Waals surface area contributed by atoms with Crippen molar-refractivity contribution >= 4 is 43.1 Å².